The third kappa shape index (κ3) is 3.21. The highest BCUT2D eigenvalue weighted by molar-refractivity contribution is 5.86. The Hall–Kier alpha value is -2.53. The van der Waals surface area contributed by atoms with Crippen LogP contribution in [0.2, 0.25) is 0 Å². The Morgan fingerprint density at radius 2 is 1.79 bits per heavy atom. The second-order valence-electron chi connectivity index (χ2n) is 5.96. The molecule has 5 heteroatoms. The van der Waals surface area contributed by atoms with E-state index in [9.17, 15) is 5.11 Å². The zero-order valence-electron chi connectivity index (χ0n) is 14.2. The molecule has 2 N–H and O–H groups in total. The van der Waals surface area contributed by atoms with Crippen molar-refractivity contribution in [3.05, 3.63) is 48.0 Å². The summed E-state index contributed by atoms with van der Waals surface area (Å²) in [5.41, 5.74) is 3.62. The Labute approximate surface area is 141 Å². The average molecular weight is 322 g/mol. The summed E-state index contributed by atoms with van der Waals surface area (Å²) >= 11 is 0. The lowest BCUT2D eigenvalue weighted by Crippen LogP contribution is -2.01. The van der Waals surface area contributed by atoms with E-state index in [1.807, 2.05) is 44.6 Å². The summed E-state index contributed by atoms with van der Waals surface area (Å²) in [5.74, 6) is 0.823. The number of rotatable bonds is 5. The summed E-state index contributed by atoms with van der Waals surface area (Å²) in [7, 11) is 1.85. The predicted octanol–water partition coefficient (Wildman–Crippen LogP) is 3.88. The van der Waals surface area contributed by atoms with Crippen LogP contribution in [-0.4, -0.2) is 27.1 Å². The molecule has 0 spiro atoms. The molecule has 0 aliphatic heterocycles. The third-order valence-corrected chi connectivity index (χ3v) is 4.17. The molecule has 0 aliphatic carbocycles. The summed E-state index contributed by atoms with van der Waals surface area (Å²) in [4.78, 5) is 13.3. The standard InChI is InChI=1S/C19H22N4O/c1-4-5-18(24)17-6-12(2)15(11-22-17)16-7-13-10-23-19(20-3)8-14(13)9-21-16/h6-11,18,24H,4-5H2,1-3H3,(H,20,23). The molecule has 124 valence electrons. The highest BCUT2D eigenvalue weighted by Gasteiger charge is 2.12. The van der Waals surface area contributed by atoms with Crippen LogP contribution in [0.4, 0.5) is 5.82 Å². The molecule has 3 rings (SSSR count). The smallest absolute Gasteiger partial charge is 0.126 e. The van der Waals surface area contributed by atoms with E-state index in [4.69, 9.17) is 0 Å². The monoisotopic (exact) mass is 322 g/mol. The van der Waals surface area contributed by atoms with Gasteiger partial charge in [-0.25, -0.2) is 4.98 Å². The molecule has 0 amide bonds. The van der Waals surface area contributed by atoms with Crippen molar-refractivity contribution in [2.75, 3.05) is 12.4 Å². The van der Waals surface area contributed by atoms with Crippen molar-refractivity contribution in [3.63, 3.8) is 0 Å². The predicted molar refractivity (Wildman–Crippen MR) is 96.9 cm³/mol. The van der Waals surface area contributed by atoms with Gasteiger partial charge in [0.15, 0.2) is 0 Å². The normalized spacial score (nSPS) is 12.3. The number of pyridine rings is 3. The number of anilines is 1. The number of hydrogen-bond acceptors (Lipinski definition) is 5. The maximum absolute atomic E-state index is 10.1. The lowest BCUT2D eigenvalue weighted by molar-refractivity contribution is 0.161. The van der Waals surface area contributed by atoms with Gasteiger partial charge in [0.2, 0.25) is 0 Å². The fourth-order valence-corrected chi connectivity index (χ4v) is 2.77. The number of aliphatic hydroxyl groups excluding tert-OH is 1. The summed E-state index contributed by atoms with van der Waals surface area (Å²) in [6.45, 7) is 4.07. The Balaban J connectivity index is 1.97. The van der Waals surface area contributed by atoms with Crippen molar-refractivity contribution in [2.24, 2.45) is 0 Å². The van der Waals surface area contributed by atoms with Crippen LogP contribution in [0.3, 0.4) is 0 Å². The minimum atomic E-state index is -0.503. The maximum Gasteiger partial charge on any atom is 0.126 e. The molecule has 1 unspecified atom stereocenters. The second-order valence-corrected chi connectivity index (χ2v) is 5.96. The summed E-state index contributed by atoms with van der Waals surface area (Å²) in [6, 6.07) is 5.94. The summed E-state index contributed by atoms with van der Waals surface area (Å²) in [5, 5.41) is 15.2. The van der Waals surface area contributed by atoms with E-state index in [0.717, 1.165) is 51.9 Å². The zero-order valence-corrected chi connectivity index (χ0v) is 14.2. The molecule has 0 aliphatic rings. The maximum atomic E-state index is 10.1. The van der Waals surface area contributed by atoms with Crippen LogP contribution in [0.5, 0.6) is 0 Å². The topological polar surface area (TPSA) is 70.9 Å². The Bertz CT molecular complexity index is 863. The first-order chi connectivity index (χ1) is 11.6. The average Bonchev–Trinajstić information content (AvgIpc) is 2.61. The van der Waals surface area contributed by atoms with E-state index in [0.29, 0.717) is 0 Å². The van der Waals surface area contributed by atoms with Crippen molar-refractivity contribution >= 4 is 16.6 Å². The van der Waals surface area contributed by atoms with E-state index in [-0.39, 0.29) is 0 Å². The summed E-state index contributed by atoms with van der Waals surface area (Å²) in [6.07, 6.45) is 6.64. The van der Waals surface area contributed by atoms with E-state index in [1.165, 1.54) is 0 Å². The first-order valence-electron chi connectivity index (χ1n) is 8.21. The Kier molecular flexibility index (Phi) is 4.71. The number of aryl methyl sites for hydroxylation is 1. The van der Waals surface area contributed by atoms with E-state index in [2.05, 4.69) is 27.2 Å². The van der Waals surface area contributed by atoms with Gasteiger partial charge in [-0.2, -0.15) is 0 Å². The molecule has 3 aromatic heterocycles. The molecule has 0 bridgehead atoms. The van der Waals surface area contributed by atoms with Crippen LogP contribution in [0.1, 0.15) is 37.1 Å². The number of nitrogens with zero attached hydrogens (tertiary/aromatic N) is 3. The van der Waals surface area contributed by atoms with Gasteiger partial charge in [-0.1, -0.05) is 13.3 Å². The van der Waals surface area contributed by atoms with Crippen LogP contribution >= 0.6 is 0 Å². The van der Waals surface area contributed by atoms with Crippen LogP contribution in [0.25, 0.3) is 22.0 Å². The van der Waals surface area contributed by atoms with Gasteiger partial charge < -0.3 is 10.4 Å². The molecular formula is C19H22N4O. The summed E-state index contributed by atoms with van der Waals surface area (Å²) < 4.78 is 0. The zero-order chi connectivity index (χ0) is 17.1. The van der Waals surface area contributed by atoms with Gasteiger partial charge in [0.1, 0.15) is 5.82 Å². The van der Waals surface area contributed by atoms with Gasteiger partial charge in [0, 0.05) is 42.0 Å². The first kappa shape index (κ1) is 16.3. The number of aliphatic hydroxyl groups is 1. The van der Waals surface area contributed by atoms with Crippen LogP contribution in [-0.2, 0) is 0 Å². The molecule has 3 heterocycles. The molecule has 0 saturated carbocycles. The van der Waals surface area contributed by atoms with Gasteiger partial charge in [0.05, 0.1) is 17.5 Å². The van der Waals surface area contributed by atoms with Gasteiger partial charge in [0.25, 0.3) is 0 Å². The van der Waals surface area contributed by atoms with E-state index >= 15 is 0 Å². The van der Waals surface area contributed by atoms with Crippen molar-refractivity contribution in [1.29, 1.82) is 0 Å². The van der Waals surface area contributed by atoms with Crippen molar-refractivity contribution in [2.45, 2.75) is 32.8 Å². The quantitative estimate of drug-likeness (QED) is 0.746. The minimum absolute atomic E-state index is 0.503. The number of aromatic nitrogens is 3. The molecule has 1 atom stereocenters. The van der Waals surface area contributed by atoms with Crippen molar-refractivity contribution < 1.29 is 5.11 Å². The fraction of sp³-hybridized carbons (Fsp3) is 0.316. The lowest BCUT2D eigenvalue weighted by atomic mass is 10.0. The number of nitrogens with one attached hydrogen (secondary N) is 1. The van der Waals surface area contributed by atoms with Gasteiger partial charge in [-0.15, -0.1) is 0 Å². The van der Waals surface area contributed by atoms with Crippen LogP contribution < -0.4 is 5.32 Å². The fourth-order valence-electron chi connectivity index (χ4n) is 2.77. The van der Waals surface area contributed by atoms with Crippen LogP contribution in [0, 0.1) is 6.92 Å². The third-order valence-electron chi connectivity index (χ3n) is 4.17. The molecule has 24 heavy (non-hydrogen) atoms. The molecule has 3 aromatic rings. The second kappa shape index (κ2) is 6.93. The molecular weight excluding hydrogens is 300 g/mol. The highest BCUT2D eigenvalue weighted by atomic mass is 16.3. The highest BCUT2D eigenvalue weighted by Crippen LogP contribution is 2.27. The molecule has 5 nitrogen and oxygen atoms in total. The Morgan fingerprint density at radius 3 is 2.50 bits per heavy atom. The number of fused-ring (bicyclic) bond motifs is 1. The number of hydrogen-bond donors (Lipinski definition) is 2. The van der Waals surface area contributed by atoms with Crippen molar-refractivity contribution in [1.82, 2.24) is 15.0 Å². The van der Waals surface area contributed by atoms with Crippen LogP contribution in [0.15, 0.2) is 36.8 Å². The van der Waals surface area contributed by atoms with Gasteiger partial charge in [-0.05, 0) is 37.1 Å². The molecule has 0 aromatic carbocycles. The molecule has 0 saturated heterocycles. The minimum Gasteiger partial charge on any atom is -0.387 e. The lowest BCUT2D eigenvalue weighted by Gasteiger charge is -2.12. The van der Waals surface area contributed by atoms with E-state index in [1.54, 1.807) is 6.20 Å². The van der Waals surface area contributed by atoms with E-state index < -0.39 is 6.10 Å². The van der Waals surface area contributed by atoms with Gasteiger partial charge in [-0.3, -0.25) is 9.97 Å². The SMILES string of the molecule is CCCC(O)c1cc(C)c(-c2cc3cnc(NC)cc3cn2)cn1. The largest absolute Gasteiger partial charge is 0.387 e. The van der Waals surface area contributed by atoms with Crippen molar-refractivity contribution in [3.8, 4) is 11.3 Å². The van der Waals surface area contributed by atoms with Gasteiger partial charge >= 0.3 is 0 Å². The first-order valence-corrected chi connectivity index (χ1v) is 8.21. The Morgan fingerprint density at radius 1 is 1.04 bits per heavy atom. The molecule has 0 fully saturated rings. The molecule has 0 radical (unpaired) electrons.